The van der Waals surface area contributed by atoms with E-state index in [9.17, 15) is 9.59 Å². The monoisotopic (exact) mass is 275 g/mol. The van der Waals surface area contributed by atoms with Crippen LogP contribution >= 0.6 is 0 Å². The van der Waals surface area contributed by atoms with E-state index >= 15 is 0 Å². The van der Waals surface area contributed by atoms with Crippen molar-refractivity contribution in [3.63, 3.8) is 0 Å². The van der Waals surface area contributed by atoms with Gasteiger partial charge in [0.25, 0.3) is 0 Å². The maximum Gasteiger partial charge on any atom is 0.384 e. The minimum atomic E-state index is -0.591. The third-order valence-electron chi connectivity index (χ3n) is 2.19. The topological polar surface area (TPSA) is 64.6 Å². The number of benzene rings is 1. The Bertz CT molecular complexity index is 488. The van der Waals surface area contributed by atoms with E-state index in [0.29, 0.717) is 6.61 Å². The molecule has 0 aromatic heterocycles. The second-order valence-electron chi connectivity index (χ2n) is 3.77. The van der Waals surface area contributed by atoms with Crippen LogP contribution in [0.25, 0.3) is 0 Å². The zero-order valence-corrected chi connectivity index (χ0v) is 11.3. The molecule has 1 N–H and O–H groups in total. The number of carbonyl (C=O) groups excluding carboxylic acids is 2. The average Bonchev–Trinajstić information content (AvgIpc) is 2.46. The fraction of sp³-hybridized carbons (Fsp3) is 0.333. The molecule has 0 atom stereocenters. The van der Waals surface area contributed by atoms with E-state index in [1.165, 1.54) is 0 Å². The van der Waals surface area contributed by atoms with Gasteiger partial charge in [0.1, 0.15) is 6.61 Å². The Morgan fingerprint density at radius 2 is 1.95 bits per heavy atom. The molecule has 0 unspecified atom stereocenters. The molecule has 0 aliphatic rings. The molecule has 0 spiro atoms. The van der Waals surface area contributed by atoms with Crippen LogP contribution in [0.4, 0.5) is 0 Å². The molecule has 106 valence electrons. The van der Waals surface area contributed by atoms with Crippen molar-refractivity contribution >= 4 is 11.9 Å². The van der Waals surface area contributed by atoms with Gasteiger partial charge in [-0.2, -0.15) is 0 Å². The second-order valence-corrected chi connectivity index (χ2v) is 3.77. The first-order valence-electron chi connectivity index (χ1n) is 6.28. The Morgan fingerprint density at radius 3 is 2.65 bits per heavy atom. The highest BCUT2D eigenvalue weighted by atomic mass is 16.5. The van der Waals surface area contributed by atoms with Crippen LogP contribution in [0.2, 0.25) is 0 Å². The average molecular weight is 275 g/mol. The molecular weight excluding hydrogens is 258 g/mol. The number of hydrogen-bond donors (Lipinski definition) is 1. The number of ether oxygens (including phenoxy) is 2. The lowest BCUT2D eigenvalue weighted by molar-refractivity contribution is -0.142. The molecule has 0 aliphatic heterocycles. The molecule has 5 nitrogen and oxygen atoms in total. The summed E-state index contributed by atoms with van der Waals surface area (Å²) in [6.45, 7) is 2.57. The summed E-state index contributed by atoms with van der Waals surface area (Å²) in [5.41, 5.74) is 0.906. The van der Waals surface area contributed by atoms with Gasteiger partial charge < -0.3 is 9.47 Å². The molecule has 0 radical (unpaired) electrons. The lowest BCUT2D eigenvalue weighted by Crippen LogP contribution is -2.25. The smallest absolute Gasteiger partial charge is 0.384 e. The van der Waals surface area contributed by atoms with Crippen LogP contribution in [0, 0.1) is 11.8 Å². The van der Waals surface area contributed by atoms with E-state index in [0.717, 1.165) is 5.56 Å². The quantitative estimate of drug-likeness (QED) is 0.361. The summed E-state index contributed by atoms with van der Waals surface area (Å²) in [5, 5.41) is 2.74. The van der Waals surface area contributed by atoms with Crippen molar-refractivity contribution < 1.29 is 19.1 Å². The molecule has 0 amide bonds. The highest BCUT2D eigenvalue weighted by Gasteiger charge is 1.99. The summed E-state index contributed by atoms with van der Waals surface area (Å²) in [4.78, 5) is 22.3. The van der Waals surface area contributed by atoms with Crippen LogP contribution in [0.3, 0.4) is 0 Å². The SMILES string of the molecule is CCOC(=O)CNCC#CC(=O)OCc1ccccc1. The summed E-state index contributed by atoms with van der Waals surface area (Å²) >= 11 is 0. The minimum Gasteiger partial charge on any atom is -0.465 e. The first-order valence-corrected chi connectivity index (χ1v) is 6.28. The minimum absolute atomic E-state index is 0.0710. The lowest BCUT2D eigenvalue weighted by atomic mass is 10.2. The lowest BCUT2D eigenvalue weighted by Gasteiger charge is -2.01. The van der Waals surface area contributed by atoms with Gasteiger partial charge in [-0.05, 0) is 12.5 Å². The van der Waals surface area contributed by atoms with E-state index in [1.54, 1.807) is 6.92 Å². The summed E-state index contributed by atoms with van der Waals surface area (Å²) in [5.74, 6) is 3.97. The molecule has 0 bridgehead atoms. The van der Waals surface area contributed by atoms with E-state index in [2.05, 4.69) is 17.2 Å². The highest BCUT2D eigenvalue weighted by Crippen LogP contribution is 1.99. The van der Waals surface area contributed by atoms with Crippen LogP contribution in [0.15, 0.2) is 30.3 Å². The fourth-order valence-corrected chi connectivity index (χ4v) is 1.31. The maximum atomic E-state index is 11.3. The molecule has 0 saturated carbocycles. The summed E-state index contributed by atoms with van der Waals surface area (Å²) < 4.78 is 9.68. The standard InChI is InChI=1S/C15H17NO4/c1-2-19-15(18)11-16-10-6-9-14(17)20-12-13-7-4-3-5-8-13/h3-5,7-8,16H,2,10-12H2,1H3. The Hall–Kier alpha value is -2.32. The number of rotatable bonds is 6. The zero-order valence-electron chi connectivity index (χ0n) is 11.3. The normalized spacial score (nSPS) is 9.25. The summed E-state index contributed by atoms with van der Waals surface area (Å²) in [6, 6.07) is 9.35. The van der Waals surface area contributed by atoms with Crippen molar-refractivity contribution in [3.8, 4) is 11.8 Å². The van der Waals surface area contributed by atoms with Crippen LogP contribution in [0.1, 0.15) is 12.5 Å². The largest absolute Gasteiger partial charge is 0.465 e. The van der Waals surface area contributed by atoms with Gasteiger partial charge in [-0.15, -0.1) is 0 Å². The Labute approximate surface area is 118 Å². The maximum absolute atomic E-state index is 11.3. The van der Waals surface area contributed by atoms with Crippen molar-refractivity contribution in [3.05, 3.63) is 35.9 Å². The molecule has 0 heterocycles. The van der Waals surface area contributed by atoms with Gasteiger partial charge in [0.05, 0.1) is 19.7 Å². The van der Waals surface area contributed by atoms with E-state index in [-0.39, 0.29) is 25.7 Å². The molecule has 5 heteroatoms. The van der Waals surface area contributed by atoms with Crippen molar-refractivity contribution in [2.24, 2.45) is 0 Å². The van der Waals surface area contributed by atoms with Crippen molar-refractivity contribution in [1.29, 1.82) is 0 Å². The van der Waals surface area contributed by atoms with Gasteiger partial charge in [-0.3, -0.25) is 10.1 Å². The van der Waals surface area contributed by atoms with Gasteiger partial charge in [0.15, 0.2) is 0 Å². The van der Waals surface area contributed by atoms with Crippen LogP contribution < -0.4 is 5.32 Å². The molecule has 0 aliphatic carbocycles. The third kappa shape index (κ3) is 7.19. The molecule has 1 aromatic rings. The first-order chi connectivity index (χ1) is 9.72. The highest BCUT2D eigenvalue weighted by molar-refractivity contribution is 5.88. The fourth-order valence-electron chi connectivity index (χ4n) is 1.31. The predicted molar refractivity (Wildman–Crippen MR) is 73.5 cm³/mol. The number of hydrogen-bond acceptors (Lipinski definition) is 5. The summed E-state index contributed by atoms with van der Waals surface area (Å²) in [6.07, 6.45) is 0. The van der Waals surface area contributed by atoms with Gasteiger partial charge >= 0.3 is 11.9 Å². The molecule has 20 heavy (non-hydrogen) atoms. The Balaban J connectivity index is 2.16. The van der Waals surface area contributed by atoms with E-state index < -0.39 is 5.97 Å². The molecular formula is C15H17NO4. The molecule has 0 fully saturated rings. The van der Waals surface area contributed by atoms with Crippen LogP contribution in [-0.4, -0.2) is 31.6 Å². The third-order valence-corrected chi connectivity index (χ3v) is 2.19. The predicted octanol–water partition coefficient (Wildman–Crippen LogP) is 0.886. The van der Waals surface area contributed by atoms with Crippen LogP contribution in [-0.2, 0) is 25.7 Å². The Kier molecular flexibility index (Phi) is 7.55. The van der Waals surface area contributed by atoms with Crippen molar-refractivity contribution in [1.82, 2.24) is 5.32 Å². The summed E-state index contributed by atoms with van der Waals surface area (Å²) in [7, 11) is 0. The van der Waals surface area contributed by atoms with E-state index in [4.69, 9.17) is 9.47 Å². The molecule has 0 saturated heterocycles. The van der Waals surface area contributed by atoms with Gasteiger partial charge in [0.2, 0.25) is 0 Å². The van der Waals surface area contributed by atoms with Crippen molar-refractivity contribution in [2.45, 2.75) is 13.5 Å². The van der Waals surface area contributed by atoms with E-state index in [1.807, 2.05) is 30.3 Å². The molecule has 1 rings (SSSR count). The van der Waals surface area contributed by atoms with Crippen molar-refractivity contribution in [2.75, 3.05) is 19.7 Å². The number of carbonyl (C=O) groups is 2. The number of nitrogens with one attached hydrogen (secondary N) is 1. The number of esters is 2. The van der Waals surface area contributed by atoms with Gasteiger partial charge in [-0.1, -0.05) is 36.3 Å². The Morgan fingerprint density at radius 1 is 1.20 bits per heavy atom. The second kappa shape index (κ2) is 9.59. The zero-order chi connectivity index (χ0) is 14.6. The first kappa shape index (κ1) is 15.7. The van der Waals surface area contributed by atoms with Crippen LogP contribution in [0.5, 0.6) is 0 Å². The van der Waals surface area contributed by atoms with Gasteiger partial charge in [-0.25, -0.2) is 4.79 Å². The molecule has 1 aromatic carbocycles. The van der Waals surface area contributed by atoms with Gasteiger partial charge in [0, 0.05) is 5.92 Å².